The van der Waals surface area contributed by atoms with Gasteiger partial charge in [0.1, 0.15) is 18.3 Å². The zero-order valence-electron chi connectivity index (χ0n) is 8.41. The lowest BCUT2D eigenvalue weighted by Gasteiger charge is -2.38. The summed E-state index contributed by atoms with van der Waals surface area (Å²) in [6.45, 7) is -0.470. The number of hydrogen-bond acceptors (Lipinski definition) is 10. The van der Waals surface area contributed by atoms with Crippen LogP contribution in [0.15, 0.2) is 0 Å². The smallest absolute Gasteiger partial charge is 0.173 e. The van der Waals surface area contributed by atoms with Crippen LogP contribution in [-0.2, 0) is 15.1 Å². The van der Waals surface area contributed by atoms with E-state index in [4.69, 9.17) is 38.2 Å². The van der Waals surface area contributed by atoms with Crippen LogP contribution in [0.2, 0.25) is 0 Å². The molecule has 11 heteroatoms. The van der Waals surface area contributed by atoms with Crippen molar-refractivity contribution in [2.24, 2.45) is 5.73 Å². The Hall–Kier alpha value is -0.370. The third kappa shape index (κ3) is 6.21. The molecule has 0 saturated carbocycles. The first kappa shape index (κ1) is 16.6. The molecule has 0 aromatic carbocycles. The molecule has 0 unspecified atom stereocenters. The maximum Gasteiger partial charge on any atom is 0.173 e. The number of rotatable bonds is 1. The molecule has 0 spiro atoms. The molecule has 0 radical (unpaired) electrons. The van der Waals surface area contributed by atoms with E-state index in [0.29, 0.717) is 0 Å². The fourth-order valence-electron chi connectivity index (χ4n) is 1.12. The van der Waals surface area contributed by atoms with Crippen LogP contribution in [-0.4, -0.2) is 75.2 Å². The predicted octanol–water partition coefficient (Wildman–Crippen LogP) is -4.59. The molecular weight excluding hydrogens is 262 g/mol. The van der Waals surface area contributed by atoms with E-state index in [9.17, 15) is 10.2 Å². The Kier molecular flexibility index (Phi) is 6.39. The van der Waals surface area contributed by atoms with Gasteiger partial charge in [-0.15, -0.1) is 0 Å². The highest BCUT2D eigenvalue weighted by Gasteiger charge is 2.41. The second-order valence-corrected chi connectivity index (χ2v) is 4.03. The van der Waals surface area contributed by atoms with Crippen molar-refractivity contribution in [3.8, 4) is 0 Å². The third-order valence-electron chi connectivity index (χ3n) is 1.95. The quantitative estimate of drug-likeness (QED) is 0.229. The van der Waals surface area contributed by atoms with Crippen molar-refractivity contribution in [2.75, 3.05) is 6.61 Å². The second kappa shape index (κ2) is 6.53. The molecule has 0 aromatic heterocycles. The van der Waals surface area contributed by atoms with Crippen LogP contribution in [0.4, 0.5) is 0 Å². The number of aliphatic hydroxyl groups is 4. The van der Waals surface area contributed by atoms with Crippen LogP contribution in [0, 0.1) is 0 Å². The maximum absolute atomic E-state index is 9.20. The van der Waals surface area contributed by atoms with Crippen molar-refractivity contribution >= 4 is 10.4 Å². The van der Waals surface area contributed by atoms with E-state index in [0.717, 1.165) is 0 Å². The molecule has 0 aromatic rings. The van der Waals surface area contributed by atoms with Gasteiger partial charge in [-0.3, -0.25) is 8.42 Å². The van der Waals surface area contributed by atoms with Crippen molar-refractivity contribution in [2.45, 2.75) is 30.6 Å². The first-order valence-electron chi connectivity index (χ1n) is 4.30. The third-order valence-corrected chi connectivity index (χ3v) is 1.95. The molecule has 1 saturated heterocycles. The average Bonchev–Trinajstić information content (AvgIpc) is 2.18. The molecule has 5 atom stereocenters. The van der Waals surface area contributed by atoms with Gasteiger partial charge >= 0.3 is 0 Å². The monoisotopic (exact) mass is 275 g/mol. The lowest BCUT2D eigenvalue weighted by molar-refractivity contribution is -0.248. The Morgan fingerprint density at radius 3 is 1.94 bits per heavy atom. The summed E-state index contributed by atoms with van der Waals surface area (Å²) in [5.74, 6) is 0. The van der Waals surface area contributed by atoms with Gasteiger partial charge < -0.3 is 40.0 Å². The van der Waals surface area contributed by atoms with Crippen molar-refractivity contribution < 1.29 is 42.7 Å². The fraction of sp³-hybridized carbons (Fsp3) is 1.00. The van der Waals surface area contributed by atoms with Gasteiger partial charge in [0.2, 0.25) is 0 Å². The summed E-state index contributed by atoms with van der Waals surface area (Å²) in [7, 11) is -5.17. The first-order valence-corrected chi connectivity index (χ1v) is 5.64. The summed E-state index contributed by atoms with van der Waals surface area (Å²) < 4.78 is 38.8. The Labute approximate surface area is 96.8 Å². The van der Waals surface area contributed by atoms with E-state index in [2.05, 4.69) is 0 Å². The van der Waals surface area contributed by atoms with Gasteiger partial charge in [0, 0.05) is 10.4 Å². The summed E-state index contributed by atoms with van der Waals surface area (Å²) in [6, 6.07) is -1.04. The topological polar surface area (TPSA) is 196 Å². The SMILES string of the molecule is N[C@@H]1[C@@H](O)[C@@H](O)[C@@H](CO)O[C@@H]1O.O=S(=O)([O-])[O-]. The molecule has 0 amide bonds. The van der Waals surface area contributed by atoms with Gasteiger partial charge in [0.25, 0.3) is 0 Å². The minimum absolute atomic E-state index is 0.470. The molecule has 104 valence electrons. The molecular formula is C6H13NO9S-2. The van der Waals surface area contributed by atoms with Gasteiger partial charge in [-0.25, -0.2) is 0 Å². The van der Waals surface area contributed by atoms with E-state index in [-0.39, 0.29) is 0 Å². The van der Waals surface area contributed by atoms with Gasteiger partial charge in [0.15, 0.2) is 6.29 Å². The molecule has 17 heavy (non-hydrogen) atoms. The molecule has 6 N–H and O–H groups in total. The van der Waals surface area contributed by atoms with Crippen LogP contribution in [0.1, 0.15) is 0 Å². The van der Waals surface area contributed by atoms with Gasteiger partial charge in [-0.05, 0) is 0 Å². The van der Waals surface area contributed by atoms with Crippen molar-refractivity contribution in [3.05, 3.63) is 0 Å². The van der Waals surface area contributed by atoms with Crippen molar-refractivity contribution in [3.63, 3.8) is 0 Å². The zero-order chi connectivity index (χ0) is 13.8. The molecule has 0 aliphatic carbocycles. The van der Waals surface area contributed by atoms with E-state index in [1.807, 2.05) is 0 Å². The molecule has 1 fully saturated rings. The first-order chi connectivity index (χ1) is 7.57. The fourth-order valence-corrected chi connectivity index (χ4v) is 1.12. The van der Waals surface area contributed by atoms with E-state index >= 15 is 0 Å². The second-order valence-electron chi connectivity index (χ2n) is 3.21. The molecule has 0 bridgehead atoms. The van der Waals surface area contributed by atoms with Gasteiger partial charge in [-0.1, -0.05) is 0 Å². The Balaban J connectivity index is 0.000000437. The zero-order valence-corrected chi connectivity index (χ0v) is 9.23. The summed E-state index contributed by atoms with van der Waals surface area (Å²) in [5.41, 5.74) is 5.26. The maximum atomic E-state index is 9.20. The Bertz CT molecular complexity index is 307. The van der Waals surface area contributed by atoms with Crippen LogP contribution in [0.25, 0.3) is 0 Å². The summed E-state index contributed by atoms with van der Waals surface area (Å²) in [6.07, 6.45) is -4.85. The van der Waals surface area contributed by atoms with Crippen molar-refractivity contribution in [1.29, 1.82) is 0 Å². The molecule has 1 aliphatic heterocycles. The summed E-state index contributed by atoms with van der Waals surface area (Å²) in [5, 5.41) is 36.1. The van der Waals surface area contributed by atoms with E-state index in [1.54, 1.807) is 0 Å². The summed E-state index contributed by atoms with van der Waals surface area (Å²) in [4.78, 5) is 0. The predicted molar refractivity (Wildman–Crippen MR) is 48.4 cm³/mol. The van der Waals surface area contributed by atoms with Crippen LogP contribution < -0.4 is 5.73 Å². The van der Waals surface area contributed by atoms with Crippen LogP contribution in [0.3, 0.4) is 0 Å². The molecule has 1 aliphatic rings. The lowest BCUT2D eigenvalue weighted by Crippen LogP contribution is -2.61. The van der Waals surface area contributed by atoms with E-state index < -0.39 is 47.6 Å². The minimum atomic E-state index is -5.17. The number of aliphatic hydroxyl groups excluding tert-OH is 4. The standard InChI is InChI=1S/C6H13NO5.H2O4S/c7-3-5(10)4(9)2(1-8)12-6(3)11;1-5(2,3)4/h2-6,8-11H,1,7H2;(H2,1,2,3,4)/p-2/t2-,3-,4+,5-,6+;/m1./s1. The number of hydrogen-bond donors (Lipinski definition) is 5. The highest BCUT2D eigenvalue weighted by atomic mass is 32.3. The van der Waals surface area contributed by atoms with E-state index in [1.165, 1.54) is 0 Å². The molecule has 1 heterocycles. The largest absolute Gasteiger partial charge is 0.759 e. The van der Waals surface area contributed by atoms with Crippen LogP contribution in [0.5, 0.6) is 0 Å². The summed E-state index contributed by atoms with van der Waals surface area (Å²) >= 11 is 0. The number of ether oxygens (including phenoxy) is 1. The minimum Gasteiger partial charge on any atom is -0.759 e. The Morgan fingerprint density at radius 2 is 1.59 bits per heavy atom. The van der Waals surface area contributed by atoms with Crippen LogP contribution >= 0.6 is 0 Å². The lowest BCUT2D eigenvalue weighted by atomic mass is 9.98. The highest BCUT2D eigenvalue weighted by Crippen LogP contribution is 2.17. The van der Waals surface area contributed by atoms with Gasteiger partial charge in [-0.2, -0.15) is 0 Å². The molecule has 10 nitrogen and oxygen atoms in total. The highest BCUT2D eigenvalue weighted by molar-refractivity contribution is 7.79. The van der Waals surface area contributed by atoms with Gasteiger partial charge in [0.05, 0.1) is 12.6 Å². The van der Waals surface area contributed by atoms with Crippen molar-refractivity contribution in [1.82, 2.24) is 0 Å². The number of nitrogens with two attached hydrogens (primary N) is 1. The average molecular weight is 275 g/mol. The normalized spacial score (nSPS) is 38.2. The molecule has 1 rings (SSSR count). The Morgan fingerprint density at radius 1 is 1.18 bits per heavy atom.